The molecule has 3 rings (SSSR count). The summed E-state index contributed by atoms with van der Waals surface area (Å²) in [7, 11) is 0. The number of ether oxygens (including phenoxy) is 1. The molecule has 0 radical (unpaired) electrons. The van der Waals surface area contributed by atoms with Crippen LogP contribution in [0.3, 0.4) is 0 Å². The van der Waals surface area contributed by atoms with Crippen LogP contribution < -0.4 is 16.0 Å². The summed E-state index contributed by atoms with van der Waals surface area (Å²) in [5, 5.41) is 18.8. The number of rotatable bonds is 7. The highest BCUT2D eigenvalue weighted by molar-refractivity contribution is 5.97. The third-order valence-electron chi connectivity index (χ3n) is 7.43. The number of likely N-dealkylation sites (tertiary alicyclic amines) is 1. The fourth-order valence-corrected chi connectivity index (χ4v) is 5.52. The summed E-state index contributed by atoms with van der Waals surface area (Å²) < 4.78 is 5.47. The standard InChI is InChI=1S/C27H47N7O3/c1-5-29-25(36)31-24(34-13-15-37-16-14-34)30-22(17-26(2,3)4)23(35)32-27(19-28)11-12-33(20-27)18-21-9-7-6-8-10-21/h21-22H,5-18,20H2,1-4H3,(H,32,35)(H2,29,30,31,36). The van der Waals surface area contributed by atoms with Crippen LogP contribution in [0.15, 0.2) is 4.99 Å². The Labute approximate surface area is 222 Å². The molecule has 3 aliphatic rings. The largest absolute Gasteiger partial charge is 0.378 e. The number of guanidine groups is 1. The first kappa shape index (κ1) is 29.2. The Morgan fingerprint density at radius 2 is 1.86 bits per heavy atom. The second-order valence-corrected chi connectivity index (χ2v) is 12.0. The maximum atomic E-state index is 13.7. The van der Waals surface area contributed by atoms with E-state index >= 15 is 0 Å². The molecule has 3 N–H and O–H groups in total. The number of hydrogen-bond acceptors (Lipinski definition) is 6. The van der Waals surface area contributed by atoms with Crippen molar-refractivity contribution in [3.8, 4) is 6.07 Å². The molecule has 3 amide bonds. The molecule has 3 fully saturated rings. The minimum Gasteiger partial charge on any atom is -0.378 e. The van der Waals surface area contributed by atoms with Gasteiger partial charge in [0, 0.05) is 39.3 Å². The first-order valence-corrected chi connectivity index (χ1v) is 14.0. The van der Waals surface area contributed by atoms with Gasteiger partial charge in [0.15, 0.2) is 0 Å². The maximum Gasteiger partial charge on any atom is 0.321 e. The Hall–Kier alpha value is -2.38. The van der Waals surface area contributed by atoms with Crippen molar-refractivity contribution in [2.75, 3.05) is 52.5 Å². The molecule has 0 spiro atoms. The third kappa shape index (κ3) is 9.15. The first-order valence-electron chi connectivity index (χ1n) is 14.0. The monoisotopic (exact) mass is 517 g/mol. The maximum absolute atomic E-state index is 13.7. The lowest BCUT2D eigenvalue weighted by atomic mass is 9.87. The molecule has 2 heterocycles. The van der Waals surface area contributed by atoms with Crippen molar-refractivity contribution < 1.29 is 14.3 Å². The Morgan fingerprint density at radius 3 is 2.49 bits per heavy atom. The zero-order chi connectivity index (χ0) is 26.9. The molecule has 0 bridgehead atoms. The van der Waals surface area contributed by atoms with Crippen molar-refractivity contribution in [1.82, 2.24) is 25.8 Å². The van der Waals surface area contributed by atoms with Crippen molar-refractivity contribution >= 4 is 17.9 Å². The van der Waals surface area contributed by atoms with Crippen LogP contribution in [-0.4, -0.2) is 91.8 Å². The van der Waals surface area contributed by atoms with Gasteiger partial charge in [-0.3, -0.25) is 15.0 Å². The number of morpholine rings is 1. The molecule has 1 saturated carbocycles. The van der Waals surface area contributed by atoms with Gasteiger partial charge in [-0.2, -0.15) is 5.26 Å². The van der Waals surface area contributed by atoms with Crippen LogP contribution in [0.2, 0.25) is 0 Å². The molecule has 2 saturated heterocycles. The average Bonchev–Trinajstić information content (AvgIpc) is 3.26. The lowest BCUT2D eigenvalue weighted by Crippen LogP contribution is -2.55. The van der Waals surface area contributed by atoms with Crippen molar-refractivity contribution in [1.29, 1.82) is 5.26 Å². The van der Waals surface area contributed by atoms with Gasteiger partial charge in [-0.1, -0.05) is 40.0 Å². The normalized spacial score (nSPS) is 24.8. The van der Waals surface area contributed by atoms with Crippen LogP contribution >= 0.6 is 0 Å². The van der Waals surface area contributed by atoms with Gasteiger partial charge in [-0.15, -0.1) is 0 Å². The molecular weight excluding hydrogens is 470 g/mol. The lowest BCUT2D eigenvalue weighted by Gasteiger charge is -2.32. The minimum absolute atomic E-state index is 0.185. The van der Waals surface area contributed by atoms with Crippen LogP contribution in [0.1, 0.15) is 72.6 Å². The summed E-state index contributed by atoms with van der Waals surface area (Å²) in [6.07, 6.45) is 7.52. The summed E-state index contributed by atoms with van der Waals surface area (Å²) >= 11 is 0. The second-order valence-electron chi connectivity index (χ2n) is 12.0. The Bertz CT molecular complexity index is 838. The van der Waals surface area contributed by atoms with Crippen LogP contribution in [0.4, 0.5) is 4.79 Å². The highest BCUT2D eigenvalue weighted by Crippen LogP contribution is 2.29. The van der Waals surface area contributed by atoms with Crippen molar-refractivity contribution in [2.45, 2.75) is 84.2 Å². The van der Waals surface area contributed by atoms with Crippen molar-refractivity contribution in [3.63, 3.8) is 0 Å². The first-order chi connectivity index (χ1) is 17.6. The number of nitriles is 1. The van der Waals surface area contributed by atoms with Gasteiger partial charge < -0.3 is 20.3 Å². The number of aliphatic imine (C=N–C) groups is 1. The topological polar surface area (TPSA) is 122 Å². The van der Waals surface area contributed by atoms with E-state index in [1.165, 1.54) is 32.1 Å². The van der Waals surface area contributed by atoms with Gasteiger partial charge in [0.25, 0.3) is 0 Å². The van der Waals surface area contributed by atoms with Gasteiger partial charge >= 0.3 is 6.03 Å². The zero-order valence-electron chi connectivity index (χ0n) is 23.3. The van der Waals surface area contributed by atoms with E-state index in [0.29, 0.717) is 64.1 Å². The smallest absolute Gasteiger partial charge is 0.321 e. The number of hydrogen-bond donors (Lipinski definition) is 3. The molecule has 208 valence electrons. The number of nitrogens with one attached hydrogen (secondary N) is 3. The fraction of sp³-hybridized carbons (Fsp3) is 0.852. The van der Waals surface area contributed by atoms with E-state index in [4.69, 9.17) is 9.73 Å². The molecule has 10 heteroatoms. The van der Waals surface area contributed by atoms with E-state index in [1.54, 1.807) is 0 Å². The SMILES string of the molecule is CCNC(=O)NC(=NC(CC(C)(C)C)C(=O)NC1(C#N)CCN(CC2CCCCC2)C1)N1CCOCC1. The predicted molar refractivity (Wildman–Crippen MR) is 144 cm³/mol. The Morgan fingerprint density at radius 1 is 1.16 bits per heavy atom. The van der Waals surface area contributed by atoms with E-state index in [2.05, 4.69) is 47.7 Å². The van der Waals surface area contributed by atoms with Gasteiger partial charge in [0.05, 0.1) is 19.3 Å². The molecule has 10 nitrogen and oxygen atoms in total. The number of amides is 3. The third-order valence-corrected chi connectivity index (χ3v) is 7.43. The zero-order valence-corrected chi connectivity index (χ0v) is 23.3. The highest BCUT2D eigenvalue weighted by Gasteiger charge is 2.42. The van der Waals surface area contributed by atoms with Crippen LogP contribution in [-0.2, 0) is 9.53 Å². The van der Waals surface area contributed by atoms with Crippen molar-refractivity contribution in [3.05, 3.63) is 0 Å². The Kier molecular flexibility index (Phi) is 10.6. The molecule has 37 heavy (non-hydrogen) atoms. The second kappa shape index (κ2) is 13.4. The van der Waals surface area contributed by atoms with E-state index < -0.39 is 11.6 Å². The van der Waals surface area contributed by atoms with Gasteiger partial charge in [-0.25, -0.2) is 9.79 Å². The molecular formula is C27H47N7O3. The summed E-state index contributed by atoms with van der Waals surface area (Å²) in [6, 6.07) is 1.34. The van der Waals surface area contributed by atoms with E-state index in [1.807, 2.05) is 11.8 Å². The van der Waals surface area contributed by atoms with E-state index in [9.17, 15) is 14.9 Å². The molecule has 0 aromatic carbocycles. The molecule has 2 unspecified atom stereocenters. The predicted octanol–water partition coefficient (Wildman–Crippen LogP) is 2.46. The number of carbonyl (C=O) groups is 2. The highest BCUT2D eigenvalue weighted by atomic mass is 16.5. The van der Waals surface area contributed by atoms with Crippen molar-refractivity contribution in [2.24, 2.45) is 16.3 Å². The Balaban J connectivity index is 1.76. The minimum atomic E-state index is -0.913. The van der Waals surface area contributed by atoms with Gasteiger partial charge in [-0.05, 0) is 43.9 Å². The van der Waals surface area contributed by atoms with E-state index in [-0.39, 0.29) is 17.4 Å². The number of nitrogens with zero attached hydrogens (tertiary/aromatic N) is 4. The molecule has 2 atom stereocenters. The number of carbonyl (C=O) groups excluding carboxylic acids is 2. The molecule has 1 aliphatic carbocycles. The lowest BCUT2D eigenvalue weighted by molar-refractivity contribution is -0.124. The average molecular weight is 518 g/mol. The van der Waals surface area contributed by atoms with Crippen LogP contribution in [0.25, 0.3) is 0 Å². The molecule has 2 aliphatic heterocycles. The van der Waals surface area contributed by atoms with Gasteiger partial charge in [0.1, 0.15) is 11.6 Å². The summed E-state index contributed by atoms with van der Waals surface area (Å²) in [6.45, 7) is 13.1. The molecule has 0 aromatic heterocycles. The quantitative estimate of drug-likeness (QED) is 0.352. The summed E-state index contributed by atoms with van der Waals surface area (Å²) in [4.78, 5) is 35.2. The molecule has 0 aromatic rings. The summed E-state index contributed by atoms with van der Waals surface area (Å²) in [5.41, 5.74) is -1.10. The van der Waals surface area contributed by atoms with Crippen LogP contribution in [0, 0.1) is 22.7 Å². The number of urea groups is 1. The van der Waals surface area contributed by atoms with E-state index in [0.717, 1.165) is 13.1 Å². The van der Waals surface area contributed by atoms with Gasteiger partial charge in [0.2, 0.25) is 11.9 Å². The summed E-state index contributed by atoms with van der Waals surface area (Å²) in [5.74, 6) is 0.795. The fourth-order valence-electron chi connectivity index (χ4n) is 5.52. The van der Waals surface area contributed by atoms with Crippen LogP contribution in [0.5, 0.6) is 0 Å².